The Labute approximate surface area is 164 Å². The first kappa shape index (κ1) is 19.6. The Kier molecular flexibility index (Phi) is 6.58. The molecule has 1 N–H and O–H groups in total. The van der Waals surface area contributed by atoms with E-state index in [4.69, 9.17) is 11.6 Å². The minimum absolute atomic E-state index is 0.263. The number of sulfonamides is 1. The minimum atomic E-state index is -3.45. The third kappa shape index (κ3) is 5.20. The van der Waals surface area contributed by atoms with Gasteiger partial charge in [-0.3, -0.25) is 0 Å². The largest absolute Gasteiger partial charge is 0.369 e. The van der Waals surface area contributed by atoms with Gasteiger partial charge >= 0.3 is 0 Å². The van der Waals surface area contributed by atoms with E-state index in [1.54, 1.807) is 6.07 Å². The lowest BCUT2D eigenvalue weighted by atomic mass is 10.1. The van der Waals surface area contributed by atoms with Crippen molar-refractivity contribution in [1.29, 1.82) is 0 Å². The van der Waals surface area contributed by atoms with Crippen molar-refractivity contribution in [3.63, 3.8) is 0 Å². The maximum Gasteiger partial charge on any atom is 0.250 e. The molecule has 5 nitrogen and oxygen atoms in total. The number of hydrogen-bond donors (Lipinski definition) is 1. The molecule has 0 atom stereocenters. The van der Waals surface area contributed by atoms with Crippen molar-refractivity contribution in [2.75, 3.05) is 44.7 Å². The Bertz CT molecular complexity index is 813. The molecule has 1 fully saturated rings. The first-order valence-corrected chi connectivity index (χ1v) is 11.4. The van der Waals surface area contributed by atoms with Gasteiger partial charge in [0, 0.05) is 38.4 Å². The summed E-state index contributed by atoms with van der Waals surface area (Å²) in [5.41, 5.74) is 2.48. The number of thiophene rings is 1. The highest BCUT2D eigenvalue weighted by molar-refractivity contribution is 7.91. The highest BCUT2D eigenvalue weighted by Gasteiger charge is 2.16. The van der Waals surface area contributed by atoms with Crippen molar-refractivity contribution in [1.82, 2.24) is 9.62 Å². The van der Waals surface area contributed by atoms with Crippen molar-refractivity contribution in [2.45, 2.75) is 17.1 Å². The molecule has 0 radical (unpaired) electrons. The lowest BCUT2D eigenvalue weighted by Gasteiger charge is -2.34. The zero-order chi connectivity index (χ0) is 18.6. The lowest BCUT2D eigenvalue weighted by molar-refractivity contribution is 0.313. The second-order valence-electron chi connectivity index (χ2n) is 6.52. The average molecular weight is 414 g/mol. The standard InChI is InChI=1S/C18H24ClN3O2S2/c1-21-11-13-22(14-12-21)16-6-4-15(5-7-16)3-2-10-20-26(23,24)18-9-8-17(19)25-18/h4-9,20H,2-3,10-14H2,1H3. The molecule has 1 aliphatic heterocycles. The Balaban J connectivity index is 1.45. The Morgan fingerprint density at radius 3 is 2.38 bits per heavy atom. The number of piperazine rings is 1. The molecule has 0 aliphatic carbocycles. The van der Waals surface area contributed by atoms with Gasteiger partial charge in [0.25, 0.3) is 0 Å². The molecule has 1 aromatic heterocycles. The average Bonchev–Trinajstić information content (AvgIpc) is 3.07. The molecule has 2 aromatic rings. The smallest absolute Gasteiger partial charge is 0.250 e. The van der Waals surface area contributed by atoms with E-state index < -0.39 is 10.0 Å². The van der Waals surface area contributed by atoms with Crippen LogP contribution < -0.4 is 9.62 Å². The van der Waals surface area contributed by atoms with Gasteiger partial charge in [0.1, 0.15) is 4.21 Å². The molecule has 0 unspecified atom stereocenters. The van der Waals surface area contributed by atoms with Crippen LogP contribution in [0.5, 0.6) is 0 Å². The molecule has 1 aromatic carbocycles. The summed E-state index contributed by atoms with van der Waals surface area (Å²) < 4.78 is 27.6. The van der Waals surface area contributed by atoms with Crippen LogP contribution in [0.25, 0.3) is 0 Å². The lowest BCUT2D eigenvalue weighted by Crippen LogP contribution is -2.44. The van der Waals surface area contributed by atoms with Gasteiger partial charge in [-0.1, -0.05) is 23.7 Å². The molecule has 2 heterocycles. The number of nitrogens with one attached hydrogen (secondary N) is 1. The van der Waals surface area contributed by atoms with Gasteiger partial charge in [0.2, 0.25) is 10.0 Å². The van der Waals surface area contributed by atoms with Gasteiger partial charge in [-0.25, -0.2) is 13.1 Å². The number of hydrogen-bond acceptors (Lipinski definition) is 5. The second kappa shape index (κ2) is 8.71. The van der Waals surface area contributed by atoms with Crippen molar-refractivity contribution in [3.8, 4) is 0 Å². The van der Waals surface area contributed by atoms with Crippen molar-refractivity contribution in [2.24, 2.45) is 0 Å². The number of anilines is 1. The summed E-state index contributed by atoms with van der Waals surface area (Å²) in [5, 5.41) is 0. The van der Waals surface area contributed by atoms with Crippen LogP contribution in [0.15, 0.2) is 40.6 Å². The summed E-state index contributed by atoms with van der Waals surface area (Å²) in [6.07, 6.45) is 1.60. The van der Waals surface area contributed by atoms with Crippen molar-refractivity contribution < 1.29 is 8.42 Å². The number of benzene rings is 1. The van der Waals surface area contributed by atoms with E-state index in [0.717, 1.165) is 50.4 Å². The van der Waals surface area contributed by atoms with Crippen LogP contribution >= 0.6 is 22.9 Å². The molecule has 8 heteroatoms. The van der Waals surface area contributed by atoms with Crippen LogP contribution in [0.4, 0.5) is 5.69 Å². The van der Waals surface area contributed by atoms with Crippen LogP contribution in [0, 0.1) is 0 Å². The zero-order valence-corrected chi connectivity index (χ0v) is 17.2. The van der Waals surface area contributed by atoms with Gasteiger partial charge in [-0.2, -0.15) is 0 Å². The maximum absolute atomic E-state index is 12.1. The summed E-state index contributed by atoms with van der Waals surface area (Å²) in [6.45, 7) is 4.72. The van der Waals surface area contributed by atoms with Crippen LogP contribution in [-0.4, -0.2) is 53.1 Å². The molecule has 26 heavy (non-hydrogen) atoms. The minimum Gasteiger partial charge on any atom is -0.369 e. The highest BCUT2D eigenvalue weighted by atomic mass is 35.5. The summed E-state index contributed by atoms with van der Waals surface area (Å²) >= 11 is 6.88. The van der Waals surface area contributed by atoms with Gasteiger partial charge in [0.15, 0.2) is 0 Å². The fourth-order valence-electron chi connectivity index (χ4n) is 2.95. The Hall–Kier alpha value is -1.12. The van der Waals surface area contributed by atoms with E-state index in [9.17, 15) is 8.42 Å². The molecular weight excluding hydrogens is 390 g/mol. The molecule has 0 saturated carbocycles. The van der Waals surface area contributed by atoms with Crippen LogP contribution in [-0.2, 0) is 16.4 Å². The fraction of sp³-hybridized carbons (Fsp3) is 0.444. The van der Waals surface area contributed by atoms with E-state index in [2.05, 4.69) is 45.8 Å². The number of rotatable bonds is 7. The SMILES string of the molecule is CN1CCN(c2ccc(CCCNS(=O)(=O)c3ccc(Cl)s3)cc2)CC1. The summed E-state index contributed by atoms with van der Waals surface area (Å²) in [7, 11) is -1.29. The van der Waals surface area contributed by atoms with E-state index in [1.165, 1.54) is 17.3 Å². The molecule has 0 bridgehead atoms. The van der Waals surface area contributed by atoms with Crippen LogP contribution in [0.3, 0.4) is 0 Å². The molecule has 1 saturated heterocycles. The van der Waals surface area contributed by atoms with E-state index in [-0.39, 0.29) is 4.21 Å². The second-order valence-corrected chi connectivity index (χ2v) is 10.2. The molecule has 0 amide bonds. The maximum atomic E-state index is 12.1. The monoisotopic (exact) mass is 413 g/mol. The quantitative estimate of drug-likeness (QED) is 0.709. The fourth-order valence-corrected chi connectivity index (χ4v) is 5.55. The number of aryl methyl sites for hydroxylation is 1. The number of halogens is 1. The first-order valence-electron chi connectivity index (χ1n) is 8.71. The third-order valence-corrected chi connectivity index (χ3v) is 7.74. The van der Waals surface area contributed by atoms with E-state index in [0.29, 0.717) is 10.9 Å². The normalized spacial score (nSPS) is 16.2. The predicted octanol–water partition coefficient (Wildman–Crippen LogP) is 3.06. The molecule has 142 valence electrons. The Morgan fingerprint density at radius 1 is 1.08 bits per heavy atom. The van der Waals surface area contributed by atoms with Gasteiger partial charge < -0.3 is 9.80 Å². The molecule has 1 aliphatic rings. The molecular formula is C18H24ClN3O2S2. The number of nitrogens with zero attached hydrogens (tertiary/aromatic N) is 2. The Morgan fingerprint density at radius 2 is 1.77 bits per heavy atom. The third-order valence-electron chi connectivity index (χ3n) is 4.55. The van der Waals surface area contributed by atoms with Gasteiger partial charge in [0.05, 0.1) is 4.34 Å². The van der Waals surface area contributed by atoms with E-state index >= 15 is 0 Å². The predicted molar refractivity (Wildman–Crippen MR) is 109 cm³/mol. The van der Waals surface area contributed by atoms with E-state index in [1.807, 2.05) is 0 Å². The summed E-state index contributed by atoms with van der Waals surface area (Å²) in [6, 6.07) is 11.7. The van der Waals surface area contributed by atoms with Crippen LogP contribution in [0.1, 0.15) is 12.0 Å². The summed E-state index contributed by atoms with van der Waals surface area (Å²) in [4.78, 5) is 4.75. The zero-order valence-electron chi connectivity index (χ0n) is 14.8. The molecule has 0 spiro atoms. The highest BCUT2D eigenvalue weighted by Crippen LogP contribution is 2.25. The van der Waals surface area contributed by atoms with Gasteiger partial charge in [-0.05, 0) is 49.7 Å². The van der Waals surface area contributed by atoms with Gasteiger partial charge in [-0.15, -0.1) is 11.3 Å². The topological polar surface area (TPSA) is 52.6 Å². The summed E-state index contributed by atoms with van der Waals surface area (Å²) in [5.74, 6) is 0. The number of likely N-dealkylation sites (N-methyl/N-ethyl adjacent to an activating group) is 1. The van der Waals surface area contributed by atoms with Crippen molar-refractivity contribution in [3.05, 3.63) is 46.3 Å². The molecule has 3 rings (SSSR count). The van der Waals surface area contributed by atoms with Crippen molar-refractivity contribution >= 4 is 38.6 Å². The van der Waals surface area contributed by atoms with Crippen LogP contribution in [0.2, 0.25) is 4.34 Å². The first-order chi connectivity index (χ1) is 12.4.